The van der Waals surface area contributed by atoms with E-state index in [0.717, 1.165) is 38.8 Å². The molecule has 1 aromatic rings. The number of hydrogen-bond donors (Lipinski definition) is 1. The van der Waals surface area contributed by atoms with Crippen molar-refractivity contribution < 1.29 is 5.11 Å². The van der Waals surface area contributed by atoms with Crippen molar-refractivity contribution in [2.24, 2.45) is 0 Å². The summed E-state index contributed by atoms with van der Waals surface area (Å²) in [6.07, 6.45) is 4.00. The summed E-state index contributed by atoms with van der Waals surface area (Å²) in [5, 5.41) is 12.5. The van der Waals surface area contributed by atoms with E-state index in [0.29, 0.717) is 0 Å². The molecule has 84 valence electrons. The maximum absolute atomic E-state index is 10.4. The van der Waals surface area contributed by atoms with E-state index in [1.54, 1.807) is 11.3 Å². The molecule has 0 aromatic carbocycles. The van der Waals surface area contributed by atoms with Crippen molar-refractivity contribution in [2.45, 2.75) is 31.3 Å². The second kappa shape index (κ2) is 4.64. The van der Waals surface area contributed by atoms with Gasteiger partial charge in [0.05, 0.1) is 5.60 Å². The lowest BCUT2D eigenvalue weighted by molar-refractivity contribution is -0.0289. The topological polar surface area (TPSA) is 23.5 Å². The molecule has 1 N–H and O–H groups in total. The highest BCUT2D eigenvalue weighted by Gasteiger charge is 2.31. The Balaban J connectivity index is 1.87. The second-order valence-electron chi connectivity index (χ2n) is 4.65. The molecule has 1 fully saturated rings. The minimum absolute atomic E-state index is 0.447. The fraction of sp³-hybridized carbons (Fsp3) is 0.667. The van der Waals surface area contributed by atoms with Crippen LogP contribution < -0.4 is 0 Å². The highest BCUT2D eigenvalue weighted by Crippen LogP contribution is 2.26. The third-order valence-corrected chi connectivity index (χ3v) is 4.10. The van der Waals surface area contributed by atoms with Gasteiger partial charge in [0.1, 0.15) is 0 Å². The van der Waals surface area contributed by atoms with Gasteiger partial charge in [-0.05, 0) is 50.7 Å². The van der Waals surface area contributed by atoms with Crippen LogP contribution in [0.3, 0.4) is 0 Å². The highest BCUT2D eigenvalue weighted by atomic mass is 32.1. The van der Waals surface area contributed by atoms with Gasteiger partial charge in [-0.2, -0.15) is 0 Å². The minimum Gasteiger partial charge on any atom is -0.389 e. The van der Waals surface area contributed by atoms with Gasteiger partial charge in [0.25, 0.3) is 0 Å². The number of piperidine rings is 1. The fourth-order valence-electron chi connectivity index (χ4n) is 2.35. The van der Waals surface area contributed by atoms with Crippen LogP contribution in [0.15, 0.2) is 17.5 Å². The van der Waals surface area contributed by atoms with Gasteiger partial charge in [0, 0.05) is 11.4 Å². The van der Waals surface area contributed by atoms with Crippen LogP contribution in [0.1, 0.15) is 24.1 Å². The monoisotopic (exact) mass is 225 g/mol. The normalized spacial score (nSPS) is 28.1. The summed E-state index contributed by atoms with van der Waals surface area (Å²) in [6.45, 7) is 1.96. The maximum Gasteiger partial charge on any atom is 0.0777 e. The molecule has 0 aliphatic carbocycles. The molecule has 1 unspecified atom stereocenters. The number of aliphatic hydroxyl groups is 1. The number of hydrogen-bond acceptors (Lipinski definition) is 3. The number of thiophene rings is 1. The summed E-state index contributed by atoms with van der Waals surface area (Å²) in [7, 11) is 2.09. The van der Waals surface area contributed by atoms with Crippen LogP contribution in [0.4, 0.5) is 0 Å². The van der Waals surface area contributed by atoms with Crippen LogP contribution >= 0.6 is 11.3 Å². The zero-order valence-electron chi connectivity index (χ0n) is 9.28. The minimum atomic E-state index is -0.447. The molecular formula is C12H19NOS. The van der Waals surface area contributed by atoms with E-state index in [2.05, 4.69) is 29.5 Å². The Labute approximate surface area is 95.5 Å². The molecule has 0 saturated carbocycles. The van der Waals surface area contributed by atoms with Gasteiger partial charge in [-0.15, -0.1) is 11.3 Å². The van der Waals surface area contributed by atoms with Crippen LogP contribution in [-0.4, -0.2) is 35.7 Å². The lowest BCUT2D eigenvalue weighted by atomic mass is 9.88. The van der Waals surface area contributed by atoms with Crippen LogP contribution in [-0.2, 0) is 6.42 Å². The molecule has 0 spiro atoms. The van der Waals surface area contributed by atoms with E-state index in [9.17, 15) is 5.11 Å². The number of aryl methyl sites for hydroxylation is 1. The van der Waals surface area contributed by atoms with Crippen molar-refractivity contribution in [3.05, 3.63) is 22.4 Å². The molecule has 0 radical (unpaired) electrons. The summed E-state index contributed by atoms with van der Waals surface area (Å²) in [6, 6.07) is 4.23. The lowest BCUT2D eigenvalue weighted by Gasteiger charge is -2.37. The molecule has 3 heteroatoms. The third kappa shape index (κ3) is 3.03. The second-order valence-corrected chi connectivity index (χ2v) is 5.68. The van der Waals surface area contributed by atoms with Gasteiger partial charge in [-0.1, -0.05) is 6.07 Å². The molecule has 1 aromatic heterocycles. The quantitative estimate of drug-likeness (QED) is 0.852. The first-order valence-corrected chi connectivity index (χ1v) is 6.49. The van der Waals surface area contributed by atoms with Crippen LogP contribution in [0.5, 0.6) is 0 Å². The van der Waals surface area contributed by atoms with Crippen molar-refractivity contribution >= 4 is 11.3 Å². The zero-order chi connectivity index (χ0) is 10.7. The average Bonchev–Trinajstić information content (AvgIpc) is 2.67. The number of rotatable bonds is 3. The first-order chi connectivity index (χ1) is 7.18. The Morgan fingerprint density at radius 2 is 2.47 bits per heavy atom. The van der Waals surface area contributed by atoms with Gasteiger partial charge in [0.2, 0.25) is 0 Å². The van der Waals surface area contributed by atoms with E-state index in [1.807, 2.05) is 0 Å². The first kappa shape index (κ1) is 11.1. The molecule has 0 bridgehead atoms. The van der Waals surface area contributed by atoms with E-state index in [-0.39, 0.29) is 0 Å². The van der Waals surface area contributed by atoms with Crippen LogP contribution in [0.25, 0.3) is 0 Å². The largest absolute Gasteiger partial charge is 0.389 e. The van der Waals surface area contributed by atoms with Gasteiger partial charge >= 0.3 is 0 Å². The summed E-state index contributed by atoms with van der Waals surface area (Å²) >= 11 is 1.79. The molecule has 2 nitrogen and oxygen atoms in total. The zero-order valence-corrected chi connectivity index (χ0v) is 10.1. The smallest absolute Gasteiger partial charge is 0.0777 e. The molecule has 1 atom stereocenters. The number of nitrogens with zero attached hydrogens (tertiary/aromatic N) is 1. The highest BCUT2D eigenvalue weighted by molar-refractivity contribution is 7.09. The molecule has 2 rings (SSSR count). The molecule has 1 aliphatic heterocycles. The number of likely N-dealkylation sites (tertiary alicyclic amines) is 1. The van der Waals surface area contributed by atoms with E-state index in [1.165, 1.54) is 4.88 Å². The van der Waals surface area contributed by atoms with Crippen molar-refractivity contribution in [1.82, 2.24) is 4.90 Å². The van der Waals surface area contributed by atoms with Crippen molar-refractivity contribution in [1.29, 1.82) is 0 Å². The Morgan fingerprint density at radius 3 is 3.13 bits per heavy atom. The maximum atomic E-state index is 10.4. The molecule has 1 saturated heterocycles. The number of β-amino-alcohol motifs (C(OH)–C–C–N with tert-alkyl or cyclic N) is 1. The van der Waals surface area contributed by atoms with Crippen molar-refractivity contribution in [2.75, 3.05) is 20.1 Å². The number of likely N-dealkylation sites (N-methyl/N-ethyl adjacent to an activating group) is 1. The average molecular weight is 225 g/mol. The van der Waals surface area contributed by atoms with E-state index < -0.39 is 5.60 Å². The molecular weight excluding hydrogens is 206 g/mol. The Kier molecular flexibility index (Phi) is 3.44. The summed E-state index contributed by atoms with van der Waals surface area (Å²) in [5.41, 5.74) is -0.447. The summed E-state index contributed by atoms with van der Waals surface area (Å²) in [4.78, 5) is 3.62. The molecule has 1 aliphatic rings. The van der Waals surface area contributed by atoms with Gasteiger partial charge in [0.15, 0.2) is 0 Å². The first-order valence-electron chi connectivity index (χ1n) is 5.61. The fourth-order valence-corrected chi connectivity index (χ4v) is 3.06. The SMILES string of the molecule is CN1CCCC(O)(CCc2cccs2)C1. The third-order valence-electron chi connectivity index (χ3n) is 3.16. The van der Waals surface area contributed by atoms with Crippen molar-refractivity contribution in [3.63, 3.8) is 0 Å². The predicted octanol–water partition coefficient (Wildman–Crippen LogP) is 2.14. The van der Waals surface area contributed by atoms with E-state index >= 15 is 0 Å². The Morgan fingerprint density at radius 1 is 1.60 bits per heavy atom. The van der Waals surface area contributed by atoms with Gasteiger partial charge in [-0.3, -0.25) is 0 Å². The lowest BCUT2D eigenvalue weighted by Crippen LogP contribution is -2.46. The van der Waals surface area contributed by atoms with Crippen LogP contribution in [0, 0.1) is 0 Å². The standard InChI is InChI=1S/C12H19NOS/c1-13-8-3-6-12(14,10-13)7-5-11-4-2-9-15-11/h2,4,9,14H,3,5-8,10H2,1H3. The molecule has 2 heterocycles. The van der Waals surface area contributed by atoms with Crippen LogP contribution in [0.2, 0.25) is 0 Å². The molecule has 0 amide bonds. The van der Waals surface area contributed by atoms with Gasteiger partial charge < -0.3 is 10.0 Å². The summed E-state index contributed by atoms with van der Waals surface area (Å²) in [5.74, 6) is 0. The van der Waals surface area contributed by atoms with Crippen molar-refractivity contribution in [3.8, 4) is 0 Å². The summed E-state index contributed by atoms with van der Waals surface area (Å²) < 4.78 is 0. The molecule has 15 heavy (non-hydrogen) atoms. The van der Waals surface area contributed by atoms with E-state index in [4.69, 9.17) is 0 Å². The van der Waals surface area contributed by atoms with Gasteiger partial charge in [-0.25, -0.2) is 0 Å². The predicted molar refractivity (Wildman–Crippen MR) is 64.3 cm³/mol. The Hall–Kier alpha value is -0.380. The Bertz CT molecular complexity index is 299.